The Kier molecular flexibility index (Phi) is 6.52. The van der Waals surface area contributed by atoms with Gasteiger partial charge in [0.1, 0.15) is 11.5 Å². The van der Waals surface area contributed by atoms with Crippen LogP contribution in [0.5, 0.6) is 11.5 Å². The second kappa shape index (κ2) is 8.62. The first-order chi connectivity index (χ1) is 11.1. The summed E-state index contributed by atoms with van der Waals surface area (Å²) in [6.45, 7) is 6.28. The van der Waals surface area contributed by atoms with Crippen LogP contribution in [0.4, 0.5) is 5.69 Å². The van der Waals surface area contributed by atoms with Gasteiger partial charge in [-0.1, -0.05) is 6.92 Å². The van der Waals surface area contributed by atoms with Crippen LogP contribution in [0.3, 0.4) is 0 Å². The number of likely N-dealkylation sites (tertiary alicyclic amines) is 1. The minimum absolute atomic E-state index is 0.391. The molecule has 1 fully saturated rings. The molecule has 2 rings (SSSR count). The van der Waals surface area contributed by atoms with E-state index in [1.165, 1.54) is 12.8 Å². The van der Waals surface area contributed by atoms with Crippen molar-refractivity contribution in [3.8, 4) is 11.5 Å². The number of benzene rings is 1. The number of ether oxygens (including phenoxy) is 2. The van der Waals surface area contributed by atoms with Crippen molar-refractivity contribution in [3.63, 3.8) is 0 Å². The number of piperidine rings is 1. The standard InChI is InChI=1S/C17H28N4O2/c1-13-6-9-21(10-7-13)11-8-19-17(18)20-15-12-14(22-2)4-5-16(15)23-3/h4-5,12-13H,6-11H2,1-3H3,(H3,18,19,20). The van der Waals surface area contributed by atoms with Gasteiger partial charge in [0.25, 0.3) is 0 Å². The summed E-state index contributed by atoms with van der Waals surface area (Å²) in [5.74, 6) is 2.68. The molecule has 0 unspecified atom stereocenters. The van der Waals surface area contributed by atoms with Crippen molar-refractivity contribution in [2.45, 2.75) is 19.8 Å². The highest BCUT2D eigenvalue weighted by atomic mass is 16.5. The van der Waals surface area contributed by atoms with Gasteiger partial charge >= 0.3 is 0 Å². The quantitative estimate of drug-likeness (QED) is 0.621. The lowest BCUT2D eigenvalue weighted by atomic mass is 9.99. The van der Waals surface area contributed by atoms with Gasteiger partial charge in [0, 0.05) is 12.6 Å². The van der Waals surface area contributed by atoms with Crippen LogP contribution in [0.25, 0.3) is 0 Å². The zero-order valence-corrected chi connectivity index (χ0v) is 14.3. The smallest absolute Gasteiger partial charge is 0.193 e. The van der Waals surface area contributed by atoms with Gasteiger partial charge in [-0.2, -0.15) is 0 Å². The lowest BCUT2D eigenvalue weighted by Gasteiger charge is -2.29. The molecule has 1 aliphatic rings. The minimum Gasteiger partial charge on any atom is -0.497 e. The Balaban J connectivity index is 1.87. The average molecular weight is 320 g/mol. The topological polar surface area (TPSA) is 72.1 Å². The molecule has 1 saturated heterocycles. The van der Waals surface area contributed by atoms with Crippen LogP contribution in [0.1, 0.15) is 19.8 Å². The molecule has 0 saturated carbocycles. The van der Waals surface area contributed by atoms with Crippen molar-refractivity contribution in [1.29, 1.82) is 0 Å². The Morgan fingerprint density at radius 2 is 2.04 bits per heavy atom. The van der Waals surface area contributed by atoms with Crippen molar-refractivity contribution in [2.75, 3.05) is 45.7 Å². The van der Waals surface area contributed by atoms with Crippen LogP contribution in [-0.4, -0.2) is 51.3 Å². The molecule has 1 aromatic rings. The van der Waals surface area contributed by atoms with Gasteiger partial charge in [-0.25, -0.2) is 0 Å². The van der Waals surface area contributed by atoms with Crippen molar-refractivity contribution in [3.05, 3.63) is 18.2 Å². The van der Waals surface area contributed by atoms with Crippen molar-refractivity contribution < 1.29 is 9.47 Å². The fraction of sp³-hybridized carbons (Fsp3) is 0.588. The molecule has 23 heavy (non-hydrogen) atoms. The number of nitrogens with zero attached hydrogens (tertiary/aromatic N) is 2. The summed E-state index contributed by atoms with van der Waals surface area (Å²) < 4.78 is 10.5. The van der Waals surface area contributed by atoms with E-state index in [9.17, 15) is 0 Å². The number of aliphatic imine (C=N–C) groups is 1. The van der Waals surface area contributed by atoms with Crippen molar-refractivity contribution in [2.24, 2.45) is 16.6 Å². The van der Waals surface area contributed by atoms with E-state index in [0.717, 1.165) is 37.0 Å². The number of anilines is 1. The predicted octanol–water partition coefficient (Wildman–Crippen LogP) is 2.16. The van der Waals surface area contributed by atoms with E-state index in [2.05, 4.69) is 22.1 Å². The van der Waals surface area contributed by atoms with Crippen molar-refractivity contribution in [1.82, 2.24) is 4.90 Å². The van der Waals surface area contributed by atoms with Gasteiger partial charge in [0.05, 0.1) is 26.5 Å². The molecule has 1 aromatic carbocycles. The molecule has 1 aliphatic heterocycles. The second-order valence-corrected chi connectivity index (χ2v) is 5.98. The number of rotatable bonds is 6. The van der Waals surface area contributed by atoms with Crippen LogP contribution >= 0.6 is 0 Å². The van der Waals surface area contributed by atoms with Gasteiger partial charge in [-0.15, -0.1) is 0 Å². The summed E-state index contributed by atoms with van der Waals surface area (Å²) in [4.78, 5) is 6.86. The summed E-state index contributed by atoms with van der Waals surface area (Å²) in [7, 11) is 3.25. The van der Waals surface area contributed by atoms with Gasteiger partial charge in [0.2, 0.25) is 0 Å². The Bertz CT molecular complexity index is 525. The summed E-state index contributed by atoms with van der Waals surface area (Å²) in [6.07, 6.45) is 2.55. The molecule has 6 nitrogen and oxygen atoms in total. The maximum Gasteiger partial charge on any atom is 0.193 e. The maximum atomic E-state index is 5.98. The lowest BCUT2D eigenvalue weighted by Crippen LogP contribution is -2.35. The molecule has 0 spiro atoms. The zero-order valence-electron chi connectivity index (χ0n) is 14.3. The number of hydrogen-bond acceptors (Lipinski definition) is 4. The molecule has 0 radical (unpaired) electrons. The Hall–Kier alpha value is -1.95. The van der Waals surface area contributed by atoms with Crippen molar-refractivity contribution >= 4 is 11.6 Å². The second-order valence-electron chi connectivity index (χ2n) is 5.98. The highest BCUT2D eigenvalue weighted by Gasteiger charge is 2.14. The van der Waals surface area contributed by atoms with E-state index >= 15 is 0 Å². The molecule has 6 heteroatoms. The third kappa shape index (κ3) is 5.32. The maximum absolute atomic E-state index is 5.98. The summed E-state index contributed by atoms with van der Waals surface area (Å²) in [5.41, 5.74) is 6.73. The third-order valence-corrected chi connectivity index (χ3v) is 4.24. The van der Waals surface area contributed by atoms with E-state index in [4.69, 9.17) is 15.2 Å². The average Bonchev–Trinajstić information content (AvgIpc) is 2.56. The number of methoxy groups -OCH3 is 2. The zero-order chi connectivity index (χ0) is 16.7. The highest BCUT2D eigenvalue weighted by Crippen LogP contribution is 2.28. The van der Waals surface area contributed by atoms with Crippen LogP contribution in [-0.2, 0) is 0 Å². The van der Waals surface area contributed by atoms with Gasteiger partial charge in [-0.3, -0.25) is 4.99 Å². The van der Waals surface area contributed by atoms with Crippen LogP contribution in [0.2, 0.25) is 0 Å². The molecular formula is C17H28N4O2. The highest BCUT2D eigenvalue weighted by molar-refractivity contribution is 5.94. The summed E-state index contributed by atoms with van der Waals surface area (Å²) in [5, 5.41) is 3.09. The Morgan fingerprint density at radius 1 is 1.30 bits per heavy atom. The normalized spacial score (nSPS) is 17.1. The van der Waals surface area contributed by atoms with E-state index in [1.54, 1.807) is 14.2 Å². The fourth-order valence-corrected chi connectivity index (χ4v) is 2.69. The Morgan fingerprint density at radius 3 is 2.70 bits per heavy atom. The molecule has 0 amide bonds. The monoisotopic (exact) mass is 320 g/mol. The fourth-order valence-electron chi connectivity index (χ4n) is 2.69. The molecule has 0 aromatic heterocycles. The summed E-state index contributed by atoms with van der Waals surface area (Å²) in [6, 6.07) is 5.52. The molecular weight excluding hydrogens is 292 g/mol. The summed E-state index contributed by atoms with van der Waals surface area (Å²) >= 11 is 0. The molecule has 128 valence electrons. The number of guanidine groups is 1. The first-order valence-electron chi connectivity index (χ1n) is 8.13. The lowest BCUT2D eigenvalue weighted by molar-refractivity contribution is 0.197. The molecule has 0 bridgehead atoms. The minimum atomic E-state index is 0.391. The van der Waals surface area contributed by atoms with E-state index < -0.39 is 0 Å². The van der Waals surface area contributed by atoms with E-state index in [1.807, 2.05) is 18.2 Å². The number of nitrogens with two attached hydrogens (primary N) is 1. The van der Waals surface area contributed by atoms with E-state index in [-0.39, 0.29) is 0 Å². The molecule has 1 heterocycles. The van der Waals surface area contributed by atoms with Gasteiger partial charge in [0.15, 0.2) is 5.96 Å². The molecule has 3 N–H and O–H groups in total. The van der Waals surface area contributed by atoms with Crippen LogP contribution in [0, 0.1) is 5.92 Å². The molecule has 0 aliphatic carbocycles. The van der Waals surface area contributed by atoms with Gasteiger partial charge < -0.3 is 25.4 Å². The Labute approximate surface area is 138 Å². The first-order valence-corrected chi connectivity index (χ1v) is 8.13. The van der Waals surface area contributed by atoms with Gasteiger partial charge in [-0.05, 0) is 44.0 Å². The van der Waals surface area contributed by atoms with E-state index in [0.29, 0.717) is 18.3 Å². The largest absolute Gasteiger partial charge is 0.497 e. The van der Waals surface area contributed by atoms with Crippen LogP contribution < -0.4 is 20.5 Å². The predicted molar refractivity (Wildman–Crippen MR) is 94.5 cm³/mol. The third-order valence-electron chi connectivity index (χ3n) is 4.24. The number of hydrogen-bond donors (Lipinski definition) is 2. The molecule has 0 atom stereocenters. The SMILES string of the molecule is COc1ccc(OC)c(NC(N)=NCCN2CCC(C)CC2)c1. The van der Waals surface area contributed by atoms with Crippen LogP contribution in [0.15, 0.2) is 23.2 Å². The number of nitrogens with one attached hydrogen (secondary N) is 1. The first kappa shape index (κ1) is 17.4.